The highest BCUT2D eigenvalue weighted by Crippen LogP contribution is 2.54. The summed E-state index contributed by atoms with van der Waals surface area (Å²) in [7, 11) is -4.33. The van der Waals surface area contributed by atoms with Gasteiger partial charge in [-0.3, -0.25) is 0 Å². The van der Waals surface area contributed by atoms with E-state index < -0.39 is 21.5 Å². The molecule has 0 radical (unpaired) electrons. The maximum atomic E-state index is 13.8. The fraction of sp³-hybridized carbons (Fsp3) is 0.167. The van der Waals surface area contributed by atoms with Gasteiger partial charge < -0.3 is 10.2 Å². The van der Waals surface area contributed by atoms with E-state index in [-0.39, 0.29) is 16.9 Å². The lowest BCUT2D eigenvalue weighted by molar-refractivity contribution is -0.201. The lowest BCUT2D eigenvalue weighted by Crippen LogP contribution is -2.56. The number of aryl methyl sites for hydroxylation is 1. The monoisotopic (exact) mass is 421 g/mol. The summed E-state index contributed by atoms with van der Waals surface area (Å²) in [6.45, 7) is 5.67. The summed E-state index contributed by atoms with van der Waals surface area (Å²) in [6.07, 6.45) is 0.0269. The molecule has 1 saturated heterocycles. The third-order valence-electron chi connectivity index (χ3n) is 5.64. The van der Waals surface area contributed by atoms with Crippen molar-refractivity contribution >= 4 is 10.0 Å². The Bertz CT molecular complexity index is 1130. The Kier molecular flexibility index (Phi) is 4.91. The molecule has 0 spiro atoms. The van der Waals surface area contributed by atoms with Gasteiger partial charge >= 0.3 is 0 Å². The van der Waals surface area contributed by atoms with E-state index in [9.17, 15) is 18.6 Å². The van der Waals surface area contributed by atoms with Gasteiger partial charge in [-0.15, -0.1) is 4.31 Å². The Labute approximate surface area is 176 Å². The summed E-state index contributed by atoms with van der Waals surface area (Å²) in [4.78, 5) is -0.0217. The third kappa shape index (κ3) is 3.00. The van der Waals surface area contributed by atoms with Gasteiger partial charge in [-0.2, -0.15) is 0 Å². The first kappa shape index (κ1) is 20.5. The summed E-state index contributed by atoms with van der Waals surface area (Å²) < 4.78 is 28.5. The molecular formula is C24H23NO4S. The number of benzene rings is 3. The van der Waals surface area contributed by atoms with Gasteiger partial charge in [0.1, 0.15) is 0 Å². The summed E-state index contributed by atoms with van der Waals surface area (Å²) in [6, 6.07) is 24.3. The van der Waals surface area contributed by atoms with Crippen LogP contribution in [-0.4, -0.2) is 28.8 Å². The molecular weight excluding hydrogens is 398 g/mol. The first-order valence-electron chi connectivity index (χ1n) is 9.57. The fourth-order valence-electron chi connectivity index (χ4n) is 4.13. The maximum Gasteiger partial charge on any atom is 0.263 e. The molecule has 0 saturated carbocycles. The molecule has 0 atom stereocenters. The quantitative estimate of drug-likeness (QED) is 0.499. The van der Waals surface area contributed by atoms with Crippen molar-refractivity contribution in [1.82, 2.24) is 4.31 Å². The van der Waals surface area contributed by atoms with Gasteiger partial charge in [0.05, 0.1) is 10.4 Å². The lowest BCUT2D eigenvalue weighted by Gasteiger charge is -2.41. The van der Waals surface area contributed by atoms with Gasteiger partial charge in [0, 0.05) is 12.0 Å². The van der Waals surface area contributed by atoms with Crippen LogP contribution in [0.3, 0.4) is 0 Å². The average molecular weight is 422 g/mol. The van der Waals surface area contributed by atoms with Gasteiger partial charge in [0.2, 0.25) is 10.0 Å². The molecule has 2 N–H and O–H groups in total. The van der Waals surface area contributed by atoms with Crippen LogP contribution in [0.25, 0.3) is 0 Å². The molecule has 4 rings (SSSR count). The maximum absolute atomic E-state index is 13.8. The van der Waals surface area contributed by atoms with Crippen LogP contribution < -0.4 is 0 Å². The van der Waals surface area contributed by atoms with Crippen molar-refractivity contribution in [2.24, 2.45) is 0 Å². The van der Waals surface area contributed by atoms with E-state index in [1.165, 1.54) is 12.1 Å². The van der Waals surface area contributed by atoms with E-state index in [4.69, 9.17) is 0 Å². The Hall–Kier alpha value is -2.77. The second-order valence-corrected chi connectivity index (χ2v) is 9.38. The minimum absolute atomic E-state index is 0.00546. The zero-order valence-electron chi connectivity index (χ0n) is 16.6. The predicted octanol–water partition coefficient (Wildman–Crippen LogP) is 3.53. The average Bonchev–Trinajstić information content (AvgIpc) is 2.97. The Morgan fingerprint density at radius 2 is 1.30 bits per heavy atom. The van der Waals surface area contributed by atoms with Crippen LogP contribution in [0.5, 0.6) is 0 Å². The number of sulfonamides is 1. The van der Waals surface area contributed by atoms with Crippen LogP contribution in [0.4, 0.5) is 0 Å². The van der Waals surface area contributed by atoms with Crippen LogP contribution in [0, 0.1) is 6.92 Å². The van der Waals surface area contributed by atoms with Crippen molar-refractivity contribution in [3.05, 3.63) is 114 Å². The van der Waals surface area contributed by atoms with Crippen molar-refractivity contribution in [2.75, 3.05) is 0 Å². The highest BCUT2D eigenvalue weighted by atomic mass is 32.2. The Balaban J connectivity index is 2.06. The number of aliphatic hydroxyl groups is 2. The van der Waals surface area contributed by atoms with Gasteiger partial charge in [0.15, 0.2) is 0 Å². The molecule has 154 valence electrons. The first-order valence-corrected chi connectivity index (χ1v) is 11.0. The van der Waals surface area contributed by atoms with Crippen LogP contribution in [0.1, 0.15) is 23.1 Å². The van der Waals surface area contributed by atoms with Gasteiger partial charge in [-0.1, -0.05) is 84.9 Å². The molecule has 1 aliphatic heterocycles. The largest absolute Gasteiger partial charge is 0.349 e. The zero-order chi connectivity index (χ0) is 21.6. The van der Waals surface area contributed by atoms with E-state index in [0.29, 0.717) is 11.1 Å². The standard InChI is InChI=1S/C24H23NO4S/c1-18-13-15-22(16-14-18)30(28,29)25-23(17-19(2)24(25,26)27,20-9-5-3-6-10-20)21-11-7-4-8-12-21/h3-16,26-27H,2,17H2,1H3. The normalized spacial score (nSPS) is 18.4. The van der Waals surface area contributed by atoms with E-state index in [1.807, 2.05) is 19.1 Å². The second kappa shape index (κ2) is 7.18. The highest BCUT2D eigenvalue weighted by Gasteiger charge is 2.63. The molecule has 6 heteroatoms. The van der Waals surface area contributed by atoms with Gasteiger partial charge in [0.25, 0.3) is 5.91 Å². The van der Waals surface area contributed by atoms with Crippen LogP contribution >= 0.6 is 0 Å². The number of hydrogen-bond acceptors (Lipinski definition) is 4. The molecule has 30 heavy (non-hydrogen) atoms. The topological polar surface area (TPSA) is 77.8 Å². The molecule has 0 bridgehead atoms. The van der Waals surface area contributed by atoms with Gasteiger partial charge in [-0.25, -0.2) is 8.42 Å². The van der Waals surface area contributed by atoms with Crippen LogP contribution in [0.2, 0.25) is 0 Å². The van der Waals surface area contributed by atoms with Crippen LogP contribution in [0.15, 0.2) is 102 Å². The molecule has 0 aromatic heterocycles. The molecule has 1 fully saturated rings. The van der Waals surface area contributed by atoms with Crippen LogP contribution in [-0.2, 0) is 15.6 Å². The lowest BCUT2D eigenvalue weighted by atomic mass is 9.81. The molecule has 0 unspecified atom stereocenters. The summed E-state index contributed by atoms with van der Waals surface area (Å²) >= 11 is 0. The smallest absolute Gasteiger partial charge is 0.263 e. The molecule has 0 amide bonds. The highest BCUT2D eigenvalue weighted by molar-refractivity contribution is 7.89. The van der Waals surface area contributed by atoms with Gasteiger partial charge in [-0.05, 0) is 30.2 Å². The molecule has 3 aromatic carbocycles. The Morgan fingerprint density at radius 3 is 1.77 bits per heavy atom. The fourth-order valence-corrected chi connectivity index (χ4v) is 5.97. The van der Waals surface area contributed by atoms with E-state index in [0.717, 1.165) is 9.87 Å². The van der Waals surface area contributed by atoms with E-state index in [1.54, 1.807) is 60.7 Å². The van der Waals surface area contributed by atoms with Crippen molar-refractivity contribution in [1.29, 1.82) is 0 Å². The number of rotatable bonds is 4. The second-order valence-electron chi connectivity index (χ2n) is 7.59. The third-order valence-corrected chi connectivity index (χ3v) is 7.55. The van der Waals surface area contributed by atoms with Crippen molar-refractivity contribution < 1.29 is 18.6 Å². The summed E-state index contributed by atoms with van der Waals surface area (Å²) in [5.74, 6) is -2.75. The number of hydrogen-bond donors (Lipinski definition) is 2. The molecule has 3 aromatic rings. The molecule has 0 aliphatic carbocycles. The summed E-state index contributed by atoms with van der Waals surface area (Å²) in [5, 5.41) is 22.1. The van der Waals surface area contributed by atoms with E-state index >= 15 is 0 Å². The Morgan fingerprint density at radius 1 is 0.833 bits per heavy atom. The summed E-state index contributed by atoms with van der Waals surface area (Å²) in [5.41, 5.74) is 0.783. The molecule has 1 aliphatic rings. The minimum Gasteiger partial charge on any atom is -0.349 e. The van der Waals surface area contributed by atoms with Crippen molar-refractivity contribution in [2.45, 2.75) is 29.7 Å². The SMILES string of the molecule is C=C1CC(c2ccccc2)(c2ccccc2)N(S(=O)(=O)c2ccc(C)cc2)C1(O)O. The zero-order valence-corrected chi connectivity index (χ0v) is 17.4. The molecule has 1 heterocycles. The first-order chi connectivity index (χ1) is 14.2. The number of nitrogens with zero attached hydrogens (tertiary/aromatic N) is 1. The van der Waals surface area contributed by atoms with E-state index in [2.05, 4.69) is 6.58 Å². The molecule has 5 nitrogen and oxygen atoms in total. The van der Waals surface area contributed by atoms with Crippen molar-refractivity contribution in [3.8, 4) is 0 Å². The van der Waals surface area contributed by atoms with Crippen molar-refractivity contribution in [3.63, 3.8) is 0 Å². The predicted molar refractivity (Wildman–Crippen MR) is 115 cm³/mol. The minimum atomic E-state index is -4.33.